The molecule has 5 heteroatoms. The maximum Gasteiger partial charge on any atom is 0.347 e. The summed E-state index contributed by atoms with van der Waals surface area (Å²) in [5, 5.41) is 10.1. The number of carbonyl (C=O) groups is 1. The molecular weight excluding hydrogens is 274 g/mol. The van der Waals surface area contributed by atoms with Crippen molar-refractivity contribution >= 4 is 17.3 Å². The summed E-state index contributed by atoms with van der Waals surface area (Å²) in [5.74, 6) is -0.0585. The summed E-state index contributed by atoms with van der Waals surface area (Å²) in [4.78, 5) is 16.0. The Morgan fingerprint density at radius 2 is 2.10 bits per heavy atom. The van der Waals surface area contributed by atoms with Gasteiger partial charge in [-0.1, -0.05) is 18.2 Å². The molecule has 0 unspecified atom stereocenters. The van der Waals surface area contributed by atoms with Crippen LogP contribution < -0.4 is 4.74 Å². The molecule has 1 heterocycles. The average molecular weight is 289 g/mol. The van der Waals surface area contributed by atoms with Crippen molar-refractivity contribution in [2.24, 2.45) is 0 Å². The zero-order chi connectivity index (χ0) is 14.3. The van der Waals surface area contributed by atoms with Crippen molar-refractivity contribution in [1.29, 1.82) is 0 Å². The number of aromatic nitrogens is 1. The molecule has 1 aliphatic carbocycles. The van der Waals surface area contributed by atoms with E-state index in [1.165, 1.54) is 11.3 Å². The van der Waals surface area contributed by atoms with Gasteiger partial charge in [0.1, 0.15) is 15.6 Å². The van der Waals surface area contributed by atoms with Gasteiger partial charge < -0.3 is 9.84 Å². The van der Waals surface area contributed by atoms with E-state index in [1.54, 1.807) is 14.0 Å². The number of aryl methyl sites for hydroxylation is 1. The number of rotatable bonds is 4. The van der Waals surface area contributed by atoms with Gasteiger partial charge in [-0.25, -0.2) is 9.78 Å². The Morgan fingerprint density at radius 3 is 2.65 bits per heavy atom. The first-order chi connectivity index (χ1) is 9.58. The molecule has 1 N–H and O–H groups in total. The fraction of sp³-hybridized carbons (Fsp3) is 0.333. The van der Waals surface area contributed by atoms with Crippen LogP contribution in [0.25, 0.3) is 0 Å². The molecule has 0 saturated heterocycles. The normalized spacial score (nSPS) is 15.9. The summed E-state index contributed by atoms with van der Waals surface area (Å²) < 4.78 is 5.44. The van der Waals surface area contributed by atoms with Crippen LogP contribution in [0.3, 0.4) is 0 Å². The van der Waals surface area contributed by atoms with Gasteiger partial charge in [0.25, 0.3) is 0 Å². The number of thiazole rings is 1. The third kappa shape index (κ3) is 1.89. The third-order valence-electron chi connectivity index (χ3n) is 3.77. The predicted molar refractivity (Wildman–Crippen MR) is 76.8 cm³/mol. The van der Waals surface area contributed by atoms with Crippen LogP contribution in [0, 0.1) is 6.92 Å². The zero-order valence-electron chi connectivity index (χ0n) is 11.3. The summed E-state index contributed by atoms with van der Waals surface area (Å²) in [6.45, 7) is 1.75. The maximum atomic E-state index is 11.2. The summed E-state index contributed by atoms with van der Waals surface area (Å²) in [5.41, 5.74) is 1.54. The predicted octanol–water partition coefficient (Wildman–Crippen LogP) is 3.24. The van der Waals surface area contributed by atoms with Crippen molar-refractivity contribution in [3.8, 4) is 5.75 Å². The van der Waals surface area contributed by atoms with E-state index in [9.17, 15) is 9.90 Å². The van der Waals surface area contributed by atoms with E-state index in [1.807, 2.05) is 24.3 Å². The molecule has 1 fully saturated rings. The van der Waals surface area contributed by atoms with Gasteiger partial charge in [0.15, 0.2) is 0 Å². The van der Waals surface area contributed by atoms with Gasteiger partial charge in [-0.2, -0.15) is 0 Å². The number of benzene rings is 1. The first-order valence-electron chi connectivity index (χ1n) is 6.43. The topological polar surface area (TPSA) is 59.4 Å². The molecule has 20 heavy (non-hydrogen) atoms. The van der Waals surface area contributed by atoms with Gasteiger partial charge in [-0.3, -0.25) is 0 Å². The number of hydrogen-bond acceptors (Lipinski definition) is 4. The van der Waals surface area contributed by atoms with Crippen LogP contribution in [0.5, 0.6) is 5.75 Å². The lowest BCUT2D eigenvalue weighted by Gasteiger charge is -2.16. The van der Waals surface area contributed by atoms with Crippen LogP contribution in [0.4, 0.5) is 0 Å². The number of hydrogen-bond donors (Lipinski definition) is 1. The highest BCUT2D eigenvalue weighted by atomic mass is 32.1. The second kappa shape index (κ2) is 4.59. The van der Waals surface area contributed by atoms with Crippen LogP contribution >= 0.6 is 11.3 Å². The smallest absolute Gasteiger partial charge is 0.347 e. The molecule has 3 rings (SSSR count). The quantitative estimate of drug-likeness (QED) is 0.938. The lowest BCUT2D eigenvalue weighted by molar-refractivity contribution is 0.0701. The van der Waals surface area contributed by atoms with E-state index in [0.29, 0.717) is 10.6 Å². The number of carboxylic acids is 1. The molecular formula is C15H15NO3S. The number of methoxy groups -OCH3 is 1. The first-order valence-corrected chi connectivity index (χ1v) is 7.25. The lowest BCUT2D eigenvalue weighted by atomic mass is 9.95. The van der Waals surface area contributed by atoms with Crippen LogP contribution in [0.1, 0.15) is 38.8 Å². The molecule has 1 saturated carbocycles. The minimum atomic E-state index is -0.901. The Morgan fingerprint density at radius 1 is 1.40 bits per heavy atom. The van der Waals surface area contributed by atoms with Crippen LogP contribution in [-0.2, 0) is 5.41 Å². The zero-order valence-corrected chi connectivity index (χ0v) is 12.2. The van der Waals surface area contributed by atoms with Gasteiger partial charge in [0, 0.05) is 5.56 Å². The molecule has 0 aliphatic heterocycles. The molecule has 1 aromatic carbocycles. The van der Waals surface area contributed by atoms with Gasteiger partial charge in [0.05, 0.1) is 18.2 Å². The van der Waals surface area contributed by atoms with E-state index in [0.717, 1.165) is 29.2 Å². The minimum absolute atomic E-state index is 0.157. The Labute approximate surface area is 121 Å². The standard InChI is InChI=1S/C15H15NO3S/c1-9-12(13(17)18)20-14(16-9)15(7-8-15)10-5-3-4-6-11(10)19-2/h3-6H,7-8H2,1-2H3,(H,17,18). The van der Waals surface area contributed by atoms with Gasteiger partial charge in [-0.15, -0.1) is 11.3 Å². The number of para-hydroxylation sites is 1. The molecule has 0 spiro atoms. The van der Waals surface area contributed by atoms with Crippen LogP contribution in [0.15, 0.2) is 24.3 Å². The number of aromatic carboxylic acids is 1. The number of ether oxygens (including phenoxy) is 1. The summed E-state index contributed by atoms with van der Waals surface area (Å²) >= 11 is 1.28. The number of carboxylic acid groups (broad SMARTS) is 1. The molecule has 0 radical (unpaired) electrons. The average Bonchev–Trinajstić information content (AvgIpc) is 3.16. The molecule has 104 valence electrons. The first kappa shape index (κ1) is 13.1. The van der Waals surface area contributed by atoms with Crippen molar-refractivity contribution in [3.63, 3.8) is 0 Å². The van der Waals surface area contributed by atoms with Crippen LogP contribution in [0.2, 0.25) is 0 Å². The van der Waals surface area contributed by atoms with Crippen molar-refractivity contribution in [3.05, 3.63) is 45.4 Å². The molecule has 2 aromatic rings. The van der Waals surface area contributed by atoms with E-state index in [2.05, 4.69) is 4.98 Å². The monoisotopic (exact) mass is 289 g/mol. The van der Waals surface area contributed by atoms with E-state index in [4.69, 9.17) is 4.74 Å². The fourth-order valence-corrected chi connectivity index (χ4v) is 3.73. The Kier molecular flexibility index (Phi) is 3.01. The van der Waals surface area contributed by atoms with E-state index in [-0.39, 0.29) is 5.41 Å². The number of nitrogens with zero attached hydrogens (tertiary/aromatic N) is 1. The molecule has 1 aromatic heterocycles. The second-order valence-corrected chi connectivity index (χ2v) is 6.02. The third-order valence-corrected chi connectivity index (χ3v) is 5.12. The summed E-state index contributed by atoms with van der Waals surface area (Å²) in [7, 11) is 1.66. The summed E-state index contributed by atoms with van der Waals surface area (Å²) in [6, 6.07) is 7.90. The largest absolute Gasteiger partial charge is 0.496 e. The van der Waals surface area contributed by atoms with Crippen LogP contribution in [-0.4, -0.2) is 23.2 Å². The highest BCUT2D eigenvalue weighted by Crippen LogP contribution is 2.57. The SMILES string of the molecule is COc1ccccc1C1(c2nc(C)c(C(=O)O)s2)CC1. The maximum absolute atomic E-state index is 11.2. The van der Waals surface area contributed by atoms with Gasteiger partial charge >= 0.3 is 5.97 Å². The van der Waals surface area contributed by atoms with E-state index >= 15 is 0 Å². The molecule has 0 atom stereocenters. The molecule has 0 amide bonds. The second-order valence-electron chi connectivity index (χ2n) is 5.02. The van der Waals surface area contributed by atoms with Crippen molar-refractivity contribution < 1.29 is 14.6 Å². The minimum Gasteiger partial charge on any atom is -0.496 e. The van der Waals surface area contributed by atoms with E-state index < -0.39 is 5.97 Å². The highest BCUT2D eigenvalue weighted by Gasteiger charge is 2.50. The van der Waals surface area contributed by atoms with Gasteiger partial charge in [0.2, 0.25) is 0 Å². The van der Waals surface area contributed by atoms with Crippen molar-refractivity contribution in [1.82, 2.24) is 4.98 Å². The molecule has 4 nitrogen and oxygen atoms in total. The Hall–Kier alpha value is -1.88. The molecule has 1 aliphatic rings. The molecule has 0 bridgehead atoms. The van der Waals surface area contributed by atoms with Crippen molar-refractivity contribution in [2.75, 3.05) is 7.11 Å². The summed E-state index contributed by atoms with van der Waals surface area (Å²) in [6.07, 6.45) is 1.97. The highest BCUT2D eigenvalue weighted by molar-refractivity contribution is 7.14. The van der Waals surface area contributed by atoms with Gasteiger partial charge in [-0.05, 0) is 25.8 Å². The van der Waals surface area contributed by atoms with Crippen molar-refractivity contribution in [2.45, 2.75) is 25.2 Å². The Bertz CT molecular complexity index is 674. The lowest BCUT2D eigenvalue weighted by Crippen LogP contribution is -2.10. The fourth-order valence-electron chi connectivity index (χ4n) is 2.56. The Balaban J connectivity index is 2.09.